The highest BCUT2D eigenvalue weighted by molar-refractivity contribution is 6.26. The summed E-state index contributed by atoms with van der Waals surface area (Å²) in [7, 11) is 0. The molecule has 1 unspecified atom stereocenters. The normalized spacial score (nSPS) is 19.1. The third-order valence-corrected chi connectivity index (χ3v) is 4.87. The van der Waals surface area contributed by atoms with E-state index >= 15 is 0 Å². The van der Waals surface area contributed by atoms with Crippen molar-refractivity contribution < 1.29 is 14.7 Å². The van der Waals surface area contributed by atoms with E-state index in [4.69, 9.17) is 0 Å². The van der Waals surface area contributed by atoms with Gasteiger partial charge in [0, 0.05) is 6.54 Å². The van der Waals surface area contributed by atoms with Crippen molar-refractivity contribution in [3.63, 3.8) is 0 Å². The van der Waals surface area contributed by atoms with Crippen molar-refractivity contribution in [1.82, 2.24) is 4.90 Å². The lowest BCUT2D eigenvalue weighted by atomic mass is 9.98. The van der Waals surface area contributed by atoms with E-state index in [0.717, 1.165) is 16.7 Å². The first-order valence-corrected chi connectivity index (χ1v) is 9.28. The molecular formula is C23H25NO3. The summed E-state index contributed by atoms with van der Waals surface area (Å²) < 4.78 is 0. The first-order valence-electron chi connectivity index (χ1n) is 9.28. The SMILES string of the molecule is C/C(O)=C1\C(=O)C(CC(C)C)N(Cc2ccc(-c3ccccc3)cc2)C1=O. The molecule has 0 aromatic heterocycles. The monoisotopic (exact) mass is 363 g/mol. The number of allylic oxidation sites excluding steroid dienone is 1. The summed E-state index contributed by atoms with van der Waals surface area (Å²) in [6.07, 6.45) is 0.587. The van der Waals surface area contributed by atoms with Crippen molar-refractivity contribution in [3.8, 4) is 11.1 Å². The Kier molecular flexibility index (Phi) is 5.45. The zero-order valence-corrected chi connectivity index (χ0v) is 16.0. The van der Waals surface area contributed by atoms with Crippen LogP contribution in [0.1, 0.15) is 32.8 Å². The molecular weight excluding hydrogens is 338 g/mol. The Morgan fingerprint density at radius 1 is 1.00 bits per heavy atom. The van der Waals surface area contributed by atoms with Crippen LogP contribution in [0.2, 0.25) is 0 Å². The van der Waals surface area contributed by atoms with Crippen molar-refractivity contribution in [1.29, 1.82) is 0 Å². The molecule has 0 spiro atoms. The summed E-state index contributed by atoms with van der Waals surface area (Å²) in [5, 5.41) is 9.80. The average Bonchev–Trinajstić information content (AvgIpc) is 2.86. The summed E-state index contributed by atoms with van der Waals surface area (Å²) in [5.74, 6) is -0.568. The Balaban J connectivity index is 1.85. The zero-order chi connectivity index (χ0) is 19.6. The van der Waals surface area contributed by atoms with Gasteiger partial charge in [0.1, 0.15) is 11.3 Å². The number of aliphatic hydroxyl groups is 1. The van der Waals surface area contributed by atoms with Gasteiger partial charge in [0.2, 0.25) is 0 Å². The van der Waals surface area contributed by atoms with Crippen LogP contribution in [0.25, 0.3) is 11.1 Å². The Bertz CT molecular complexity index is 862. The maximum absolute atomic E-state index is 12.7. The van der Waals surface area contributed by atoms with Gasteiger partial charge in [-0.15, -0.1) is 0 Å². The summed E-state index contributed by atoms with van der Waals surface area (Å²) in [4.78, 5) is 27.0. The number of benzene rings is 2. The van der Waals surface area contributed by atoms with Crippen molar-refractivity contribution in [3.05, 3.63) is 71.5 Å². The maximum Gasteiger partial charge on any atom is 0.261 e. The fourth-order valence-electron chi connectivity index (χ4n) is 3.52. The largest absolute Gasteiger partial charge is 0.512 e. The van der Waals surface area contributed by atoms with Gasteiger partial charge in [-0.05, 0) is 36.0 Å². The number of Topliss-reactive ketones (excluding diaryl/α,β-unsaturated/α-hetero) is 1. The molecule has 1 saturated heterocycles. The van der Waals surface area contributed by atoms with Gasteiger partial charge >= 0.3 is 0 Å². The number of aliphatic hydroxyl groups excluding tert-OH is 1. The number of amides is 1. The molecule has 2 aromatic rings. The van der Waals surface area contributed by atoms with Crippen LogP contribution in [-0.2, 0) is 16.1 Å². The second-order valence-electron chi connectivity index (χ2n) is 7.47. The zero-order valence-electron chi connectivity index (χ0n) is 16.0. The minimum Gasteiger partial charge on any atom is -0.512 e. The highest BCUT2D eigenvalue weighted by Crippen LogP contribution is 2.29. The van der Waals surface area contributed by atoms with Crippen LogP contribution in [-0.4, -0.2) is 27.7 Å². The Labute approximate surface area is 160 Å². The van der Waals surface area contributed by atoms with Crippen LogP contribution in [0, 0.1) is 5.92 Å². The van der Waals surface area contributed by atoms with E-state index in [2.05, 4.69) is 12.1 Å². The summed E-state index contributed by atoms with van der Waals surface area (Å²) in [6, 6.07) is 17.6. The lowest BCUT2D eigenvalue weighted by Crippen LogP contribution is -2.36. The molecule has 0 aliphatic carbocycles. The highest BCUT2D eigenvalue weighted by Gasteiger charge is 2.44. The highest BCUT2D eigenvalue weighted by atomic mass is 16.3. The molecule has 1 heterocycles. The molecule has 1 fully saturated rings. The number of carbonyl (C=O) groups excluding carboxylic acids is 2. The fraction of sp³-hybridized carbons (Fsp3) is 0.304. The topological polar surface area (TPSA) is 57.6 Å². The average molecular weight is 363 g/mol. The van der Waals surface area contributed by atoms with Gasteiger partial charge in [-0.1, -0.05) is 68.4 Å². The van der Waals surface area contributed by atoms with Gasteiger partial charge in [0.25, 0.3) is 5.91 Å². The van der Waals surface area contributed by atoms with Gasteiger partial charge in [-0.2, -0.15) is 0 Å². The molecule has 140 valence electrons. The molecule has 1 aliphatic heterocycles. The van der Waals surface area contributed by atoms with Crippen molar-refractivity contribution in [2.45, 2.75) is 39.8 Å². The minimum atomic E-state index is -0.511. The Morgan fingerprint density at radius 3 is 2.15 bits per heavy atom. The van der Waals surface area contributed by atoms with Gasteiger partial charge in [-0.25, -0.2) is 0 Å². The van der Waals surface area contributed by atoms with Gasteiger partial charge < -0.3 is 10.0 Å². The first kappa shape index (κ1) is 18.9. The molecule has 1 atom stereocenters. The molecule has 0 bridgehead atoms. The number of likely N-dealkylation sites (tertiary alicyclic amines) is 1. The third-order valence-electron chi connectivity index (χ3n) is 4.87. The van der Waals surface area contributed by atoms with Crippen molar-refractivity contribution >= 4 is 11.7 Å². The molecule has 3 rings (SSSR count). The molecule has 1 amide bonds. The van der Waals surface area contributed by atoms with E-state index < -0.39 is 6.04 Å². The minimum absolute atomic E-state index is 0.0680. The number of hydrogen-bond acceptors (Lipinski definition) is 3. The Hall–Kier alpha value is -2.88. The van der Waals surface area contributed by atoms with E-state index in [1.54, 1.807) is 4.90 Å². The van der Waals surface area contributed by atoms with Crippen LogP contribution < -0.4 is 0 Å². The van der Waals surface area contributed by atoms with E-state index in [9.17, 15) is 14.7 Å². The quantitative estimate of drug-likeness (QED) is 0.483. The van der Waals surface area contributed by atoms with Gasteiger partial charge in [-0.3, -0.25) is 9.59 Å². The molecule has 2 aromatic carbocycles. The fourth-order valence-corrected chi connectivity index (χ4v) is 3.52. The van der Waals surface area contributed by atoms with E-state index in [-0.39, 0.29) is 28.9 Å². The number of ketones is 1. The van der Waals surface area contributed by atoms with Gasteiger partial charge in [0.05, 0.1) is 6.04 Å². The Morgan fingerprint density at radius 2 is 1.59 bits per heavy atom. The molecule has 1 aliphatic rings. The van der Waals surface area contributed by atoms with Crippen LogP contribution in [0.15, 0.2) is 65.9 Å². The van der Waals surface area contributed by atoms with Crippen LogP contribution in [0.3, 0.4) is 0 Å². The molecule has 0 radical (unpaired) electrons. The maximum atomic E-state index is 12.7. The van der Waals surface area contributed by atoms with Crippen LogP contribution in [0.4, 0.5) is 0 Å². The van der Waals surface area contributed by atoms with E-state index in [1.807, 2.05) is 56.3 Å². The number of carbonyl (C=O) groups is 2. The third kappa shape index (κ3) is 3.95. The van der Waals surface area contributed by atoms with E-state index in [1.165, 1.54) is 6.92 Å². The van der Waals surface area contributed by atoms with Crippen molar-refractivity contribution in [2.24, 2.45) is 5.92 Å². The predicted molar refractivity (Wildman–Crippen MR) is 106 cm³/mol. The molecule has 4 heteroatoms. The van der Waals surface area contributed by atoms with Crippen molar-refractivity contribution in [2.75, 3.05) is 0 Å². The predicted octanol–water partition coefficient (Wildman–Crippen LogP) is 4.51. The second-order valence-corrected chi connectivity index (χ2v) is 7.47. The summed E-state index contributed by atoms with van der Waals surface area (Å²) in [6.45, 7) is 5.81. The first-order chi connectivity index (χ1) is 12.9. The second kappa shape index (κ2) is 7.78. The standard InChI is InChI=1S/C23H25NO3/c1-15(2)13-20-22(26)21(16(3)25)23(27)24(20)14-17-9-11-19(12-10-17)18-7-5-4-6-8-18/h4-12,15,20,25H,13-14H2,1-3H3/b21-16-. The van der Waals surface area contributed by atoms with E-state index in [0.29, 0.717) is 13.0 Å². The molecule has 27 heavy (non-hydrogen) atoms. The van der Waals surface area contributed by atoms with Crippen LogP contribution in [0.5, 0.6) is 0 Å². The smallest absolute Gasteiger partial charge is 0.261 e. The number of nitrogens with zero attached hydrogens (tertiary/aromatic N) is 1. The molecule has 0 saturated carbocycles. The molecule has 4 nitrogen and oxygen atoms in total. The number of hydrogen-bond donors (Lipinski definition) is 1. The lowest BCUT2D eigenvalue weighted by Gasteiger charge is -2.24. The van der Waals surface area contributed by atoms with Gasteiger partial charge in [0.15, 0.2) is 5.78 Å². The lowest BCUT2D eigenvalue weighted by molar-refractivity contribution is -0.128. The number of rotatable bonds is 5. The van der Waals surface area contributed by atoms with Crippen LogP contribution >= 0.6 is 0 Å². The molecule has 1 N–H and O–H groups in total. The summed E-state index contributed by atoms with van der Waals surface area (Å²) >= 11 is 0. The summed E-state index contributed by atoms with van der Waals surface area (Å²) in [5.41, 5.74) is 3.13.